The van der Waals surface area contributed by atoms with Crippen LogP contribution >= 0.6 is 0 Å². The van der Waals surface area contributed by atoms with Crippen LogP contribution in [0.4, 0.5) is 18.9 Å². The minimum absolute atomic E-state index is 0.0193. The van der Waals surface area contributed by atoms with E-state index in [4.69, 9.17) is 9.15 Å². The van der Waals surface area contributed by atoms with Crippen molar-refractivity contribution in [2.45, 2.75) is 20.0 Å². The summed E-state index contributed by atoms with van der Waals surface area (Å²) in [5.74, 6) is -3.46. The highest BCUT2D eigenvalue weighted by molar-refractivity contribution is 6.01. The molecule has 2 aromatic rings. The van der Waals surface area contributed by atoms with Crippen LogP contribution in [0.5, 0.6) is 0 Å². The standard InChI is InChI=1S/C17H14F3NO5/c1-3-5-9-11(21-16(24)17(18,19)20)7-6-10-12(22)8-13(26-14(9)10)15(23)25-4-2/h3,5-8H,4H2,1-2H3,(H,21,24)/b5-3+. The third kappa shape index (κ3) is 3.93. The van der Waals surface area contributed by atoms with E-state index in [1.807, 2.05) is 0 Å². The van der Waals surface area contributed by atoms with Gasteiger partial charge in [0.15, 0.2) is 5.43 Å². The summed E-state index contributed by atoms with van der Waals surface area (Å²) in [6, 6.07) is 3.30. The molecule has 9 heteroatoms. The van der Waals surface area contributed by atoms with E-state index in [9.17, 15) is 27.6 Å². The molecule has 1 aromatic carbocycles. The van der Waals surface area contributed by atoms with Crippen LogP contribution in [-0.4, -0.2) is 24.7 Å². The minimum Gasteiger partial charge on any atom is -0.460 e. The zero-order chi connectivity index (χ0) is 19.5. The summed E-state index contributed by atoms with van der Waals surface area (Å²) in [6.07, 6.45) is -2.25. The Balaban J connectivity index is 2.69. The van der Waals surface area contributed by atoms with E-state index in [-0.39, 0.29) is 28.8 Å². The monoisotopic (exact) mass is 369 g/mol. The van der Waals surface area contributed by atoms with E-state index >= 15 is 0 Å². The van der Waals surface area contributed by atoms with Gasteiger partial charge in [0.25, 0.3) is 0 Å². The maximum atomic E-state index is 12.5. The molecule has 0 bridgehead atoms. The van der Waals surface area contributed by atoms with Gasteiger partial charge in [-0.3, -0.25) is 9.59 Å². The summed E-state index contributed by atoms with van der Waals surface area (Å²) in [4.78, 5) is 35.2. The van der Waals surface area contributed by atoms with E-state index in [2.05, 4.69) is 0 Å². The largest absolute Gasteiger partial charge is 0.471 e. The van der Waals surface area contributed by atoms with Crippen molar-refractivity contribution in [3.8, 4) is 0 Å². The summed E-state index contributed by atoms with van der Waals surface area (Å²) < 4.78 is 47.7. The lowest BCUT2D eigenvalue weighted by Gasteiger charge is -2.12. The lowest BCUT2D eigenvalue weighted by molar-refractivity contribution is -0.167. The highest BCUT2D eigenvalue weighted by Gasteiger charge is 2.39. The first kappa shape index (κ1) is 19.2. The molecule has 2 rings (SSSR count). The molecule has 0 saturated heterocycles. The fourth-order valence-electron chi connectivity index (χ4n) is 2.18. The second-order valence-electron chi connectivity index (χ2n) is 5.05. The number of ether oxygens (including phenoxy) is 1. The summed E-state index contributed by atoms with van der Waals surface area (Å²) in [5.41, 5.74) is -0.916. The Morgan fingerprint density at radius 1 is 1.31 bits per heavy atom. The maximum absolute atomic E-state index is 12.5. The number of hydrogen-bond donors (Lipinski definition) is 1. The number of hydrogen-bond acceptors (Lipinski definition) is 5. The summed E-state index contributed by atoms with van der Waals surface area (Å²) >= 11 is 0. The molecule has 0 aliphatic carbocycles. The fourth-order valence-corrected chi connectivity index (χ4v) is 2.18. The lowest BCUT2D eigenvalue weighted by atomic mass is 10.1. The number of benzene rings is 1. The molecule has 0 aliphatic rings. The SMILES string of the molecule is C/C=C/c1c(NC(=O)C(F)(F)F)ccc2c(=O)cc(C(=O)OCC)oc12. The number of fused-ring (bicyclic) bond motifs is 1. The average Bonchev–Trinajstić information content (AvgIpc) is 2.56. The molecular weight excluding hydrogens is 355 g/mol. The third-order valence-electron chi connectivity index (χ3n) is 3.25. The second kappa shape index (κ2) is 7.42. The van der Waals surface area contributed by atoms with Gasteiger partial charge in [0, 0.05) is 11.6 Å². The van der Waals surface area contributed by atoms with E-state index in [0.29, 0.717) is 0 Å². The van der Waals surface area contributed by atoms with Gasteiger partial charge in [-0.25, -0.2) is 4.79 Å². The number of allylic oxidation sites excluding steroid dienone is 1. The number of rotatable bonds is 4. The van der Waals surface area contributed by atoms with Crippen LogP contribution in [0.15, 0.2) is 33.5 Å². The fraction of sp³-hybridized carbons (Fsp3) is 0.235. The van der Waals surface area contributed by atoms with E-state index in [0.717, 1.165) is 12.1 Å². The Labute approximate surface area is 145 Å². The summed E-state index contributed by atoms with van der Waals surface area (Å²) in [7, 11) is 0. The number of anilines is 1. The molecule has 0 unspecified atom stereocenters. The minimum atomic E-state index is -5.09. The number of esters is 1. The summed E-state index contributed by atoms with van der Waals surface area (Å²) in [5, 5.41) is 1.77. The molecule has 138 valence electrons. The third-order valence-corrected chi connectivity index (χ3v) is 3.25. The highest BCUT2D eigenvalue weighted by atomic mass is 19.4. The van der Waals surface area contributed by atoms with Crippen LogP contribution in [0.3, 0.4) is 0 Å². The highest BCUT2D eigenvalue weighted by Crippen LogP contribution is 2.29. The first-order valence-electron chi connectivity index (χ1n) is 7.47. The van der Waals surface area contributed by atoms with Crippen LogP contribution in [0.2, 0.25) is 0 Å². The topological polar surface area (TPSA) is 85.6 Å². The second-order valence-corrected chi connectivity index (χ2v) is 5.05. The first-order valence-corrected chi connectivity index (χ1v) is 7.47. The number of halogens is 3. The van der Waals surface area contributed by atoms with Crippen molar-refractivity contribution in [3.63, 3.8) is 0 Å². The zero-order valence-corrected chi connectivity index (χ0v) is 13.8. The predicted molar refractivity (Wildman–Crippen MR) is 87.8 cm³/mol. The van der Waals surface area contributed by atoms with Crippen LogP contribution in [0.25, 0.3) is 17.0 Å². The van der Waals surface area contributed by atoms with Crippen molar-refractivity contribution in [2.24, 2.45) is 0 Å². The smallest absolute Gasteiger partial charge is 0.460 e. The van der Waals surface area contributed by atoms with Crippen molar-refractivity contribution in [1.29, 1.82) is 0 Å². The van der Waals surface area contributed by atoms with Gasteiger partial charge >= 0.3 is 18.1 Å². The van der Waals surface area contributed by atoms with Crippen molar-refractivity contribution < 1.29 is 31.9 Å². The molecule has 0 atom stereocenters. The van der Waals surface area contributed by atoms with Gasteiger partial charge in [0.2, 0.25) is 5.76 Å². The van der Waals surface area contributed by atoms with Crippen molar-refractivity contribution >= 4 is 34.6 Å². The van der Waals surface area contributed by atoms with E-state index in [1.165, 1.54) is 18.2 Å². The van der Waals surface area contributed by atoms with Crippen molar-refractivity contribution in [2.75, 3.05) is 11.9 Å². The Bertz CT molecular complexity index is 944. The van der Waals surface area contributed by atoms with Gasteiger partial charge in [0.05, 0.1) is 17.7 Å². The van der Waals surface area contributed by atoms with E-state index < -0.39 is 29.2 Å². The molecule has 1 amide bonds. The molecule has 6 nitrogen and oxygen atoms in total. The molecule has 1 aromatic heterocycles. The molecule has 0 aliphatic heterocycles. The number of amides is 1. The van der Waals surface area contributed by atoms with Gasteiger partial charge in [-0.1, -0.05) is 12.2 Å². The Hall–Kier alpha value is -3.10. The van der Waals surface area contributed by atoms with E-state index in [1.54, 1.807) is 19.2 Å². The normalized spacial score (nSPS) is 11.7. The molecule has 26 heavy (non-hydrogen) atoms. The predicted octanol–water partition coefficient (Wildman–Crippen LogP) is 3.50. The molecule has 0 saturated carbocycles. The average molecular weight is 369 g/mol. The van der Waals surface area contributed by atoms with Gasteiger partial charge in [-0.05, 0) is 26.0 Å². The molecule has 0 fully saturated rings. The van der Waals surface area contributed by atoms with Crippen LogP contribution < -0.4 is 10.7 Å². The van der Waals surface area contributed by atoms with Crippen molar-refractivity contribution in [3.05, 3.63) is 45.8 Å². The van der Waals surface area contributed by atoms with Gasteiger partial charge in [-0.2, -0.15) is 13.2 Å². The number of carbonyl (C=O) groups excluding carboxylic acids is 2. The molecule has 1 N–H and O–H groups in total. The maximum Gasteiger partial charge on any atom is 0.471 e. The molecule has 0 spiro atoms. The van der Waals surface area contributed by atoms with Gasteiger partial charge in [-0.15, -0.1) is 0 Å². The molecule has 0 radical (unpaired) electrons. The number of alkyl halides is 3. The van der Waals surface area contributed by atoms with Gasteiger partial charge in [0.1, 0.15) is 5.58 Å². The number of nitrogens with one attached hydrogen (secondary N) is 1. The van der Waals surface area contributed by atoms with Crippen LogP contribution in [-0.2, 0) is 9.53 Å². The van der Waals surface area contributed by atoms with Crippen LogP contribution in [0, 0.1) is 0 Å². The lowest BCUT2D eigenvalue weighted by Crippen LogP contribution is -2.30. The van der Waals surface area contributed by atoms with Gasteiger partial charge < -0.3 is 14.5 Å². The van der Waals surface area contributed by atoms with Crippen LogP contribution in [0.1, 0.15) is 30.0 Å². The molecular formula is C17H14F3NO5. The first-order chi connectivity index (χ1) is 12.2. The summed E-state index contributed by atoms with van der Waals surface area (Å²) in [6.45, 7) is 3.19. The Morgan fingerprint density at radius 3 is 2.58 bits per heavy atom. The van der Waals surface area contributed by atoms with Crippen molar-refractivity contribution in [1.82, 2.24) is 0 Å². The number of carbonyl (C=O) groups is 2. The zero-order valence-electron chi connectivity index (χ0n) is 13.8. The quantitative estimate of drug-likeness (QED) is 0.834. The Kier molecular flexibility index (Phi) is 5.49. The Morgan fingerprint density at radius 2 is 2.00 bits per heavy atom. The molecule has 1 heterocycles.